The van der Waals surface area contributed by atoms with Gasteiger partial charge >= 0.3 is 0 Å². The fraction of sp³-hybridized carbons (Fsp3) is 0.231. The van der Waals surface area contributed by atoms with Crippen LogP contribution in [0.2, 0.25) is 0 Å². The number of thiazole rings is 2. The van der Waals surface area contributed by atoms with Gasteiger partial charge < -0.3 is 5.32 Å². The zero-order chi connectivity index (χ0) is 23.4. The molecule has 168 valence electrons. The number of aryl methyl sites for hydroxylation is 2. The number of hydrogen-bond acceptors (Lipinski definition) is 6. The molecule has 0 saturated carbocycles. The van der Waals surface area contributed by atoms with Crippen LogP contribution in [0.25, 0.3) is 10.6 Å². The van der Waals surface area contributed by atoms with Crippen LogP contribution in [0, 0.1) is 13.8 Å². The molecule has 7 heteroatoms. The Kier molecular flexibility index (Phi) is 7.11. The number of rotatable bonds is 8. The van der Waals surface area contributed by atoms with Crippen LogP contribution in [0.3, 0.4) is 0 Å². The van der Waals surface area contributed by atoms with Gasteiger partial charge in [-0.2, -0.15) is 0 Å². The number of nitrogens with one attached hydrogen (secondary N) is 1. The van der Waals surface area contributed by atoms with Gasteiger partial charge in [-0.05, 0) is 44.0 Å². The highest BCUT2D eigenvalue weighted by atomic mass is 32.1. The molecule has 0 fully saturated rings. The van der Waals surface area contributed by atoms with E-state index in [-0.39, 0.29) is 30.6 Å². The lowest BCUT2D eigenvalue weighted by Gasteiger charge is -2.14. The normalized spacial score (nSPS) is 11.8. The Morgan fingerprint density at radius 3 is 2.52 bits per heavy atom. The van der Waals surface area contributed by atoms with Crippen LogP contribution < -0.4 is 5.32 Å². The predicted molar refractivity (Wildman–Crippen MR) is 134 cm³/mol. The smallest absolute Gasteiger partial charge is 0.251 e. The number of hydrogen-bond donors (Lipinski definition) is 1. The third kappa shape index (κ3) is 5.80. The van der Waals surface area contributed by atoms with E-state index in [1.165, 1.54) is 11.3 Å². The van der Waals surface area contributed by atoms with Gasteiger partial charge in [-0.15, -0.1) is 22.7 Å². The van der Waals surface area contributed by atoms with E-state index in [2.05, 4.69) is 15.3 Å². The van der Waals surface area contributed by atoms with Gasteiger partial charge in [0.2, 0.25) is 0 Å². The van der Waals surface area contributed by atoms with Crippen molar-refractivity contribution in [3.05, 3.63) is 92.4 Å². The first-order chi connectivity index (χ1) is 15.9. The average Bonchev–Trinajstić information content (AvgIpc) is 3.39. The molecule has 5 nitrogen and oxygen atoms in total. The third-order valence-corrected chi connectivity index (χ3v) is 7.22. The number of ketones is 1. The van der Waals surface area contributed by atoms with Crippen LogP contribution in [0.4, 0.5) is 0 Å². The maximum absolute atomic E-state index is 12.7. The van der Waals surface area contributed by atoms with Crippen molar-refractivity contribution >= 4 is 34.4 Å². The monoisotopic (exact) mass is 475 g/mol. The molecule has 0 spiro atoms. The van der Waals surface area contributed by atoms with Gasteiger partial charge in [-0.25, -0.2) is 9.97 Å². The van der Waals surface area contributed by atoms with E-state index >= 15 is 0 Å². The zero-order valence-corrected chi connectivity index (χ0v) is 20.4. The number of benzene rings is 2. The van der Waals surface area contributed by atoms with E-state index in [1.807, 2.05) is 68.6 Å². The summed E-state index contributed by atoms with van der Waals surface area (Å²) in [6.07, 6.45) is 0.548. The highest BCUT2D eigenvalue weighted by Crippen LogP contribution is 2.30. The summed E-state index contributed by atoms with van der Waals surface area (Å²) in [5.41, 5.74) is 4.28. The van der Waals surface area contributed by atoms with Crippen molar-refractivity contribution in [3.63, 3.8) is 0 Å². The third-order valence-electron chi connectivity index (χ3n) is 5.27. The van der Waals surface area contributed by atoms with Crippen LogP contribution >= 0.6 is 22.7 Å². The lowest BCUT2D eigenvalue weighted by Crippen LogP contribution is -2.26. The predicted octanol–water partition coefficient (Wildman–Crippen LogP) is 5.73. The number of amides is 1. The van der Waals surface area contributed by atoms with Gasteiger partial charge in [0.05, 0.1) is 33.7 Å². The molecule has 1 atom stereocenters. The number of carbonyl (C=O) groups excluding carboxylic acids is 2. The minimum atomic E-state index is -0.152. The molecule has 0 aliphatic carbocycles. The SMILES string of the molecule is Cc1nc(C)c(-c2csc(CC(=O)Cc3cccc(C(=O)N[C@H](C)c4ccccc4)c3)n2)s1. The summed E-state index contributed by atoms with van der Waals surface area (Å²) in [5, 5.41) is 6.82. The Bertz CT molecular complexity index is 1280. The van der Waals surface area contributed by atoms with Gasteiger partial charge in [0.15, 0.2) is 0 Å². The Hall–Kier alpha value is -3.16. The zero-order valence-electron chi connectivity index (χ0n) is 18.8. The highest BCUT2D eigenvalue weighted by Gasteiger charge is 2.15. The summed E-state index contributed by atoms with van der Waals surface area (Å²) >= 11 is 3.12. The van der Waals surface area contributed by atoms with E-state index in [0.717, 1.165) is 37.4 Å². The van der Waals surface area contributed by atoms with Crippen LogP contribution in [0.1, 0.15) is 50.2 Å². The fourth-order valence-electron chi connectivity index (χ4n) is 3.65. The maximum Gasteiger partial charge on any atom is 0.251 e. The molecule has 1 N–H and O–H groups in total. The van der Waals surface area contributed by atoms with Gasteiger partial charge in [0.25, 0.3) is 5.91 Å². The molecule has 33 heavy (non-hydrogen) atoms. The molecule has 0 bridgehead atoms. The Balaban J connectivity index is 1.38. The summed E-state index contributed by atoms with van der Waals surface area (Å²) in [4.78, 5) is 35.6. The van der Waals surface area contributed by atoms with Crippen molar-refractivity contribution in [1.82, 2.24) is 15.3 Å². The quantitative estimate of drug-likeness (QED) is 0.353. The van der Waals surface area contributed by atoms with E-state index < -0.39 is 0 Å². The first-order valence-corrected chi connectivity index (χ1v) is 12.4. The van der Waals surface area contributed by atoms with Crippen molar-refractivity contribution in [2.45, 2.75) is 39.7 Å². The Morgan fingerprint density at radius 1 is 1.00 bits per heavy atom. The van der Waals surface area contributed by atoms with Crippen molar-refractivity contribution in [2.24, 2.45) is 0 Å². The van der Waals surface area contributed by atoms with Gasteiger partial charge in [0.1, 0.15) is 10.8 Å². The second-order valence-corrected chi connectivity index (χ2v) is 10.1. The molecule has 2 aromatic carbocycles. The van der Waals surface area contributed by atoms with Gasteiger partial charge in [0, 0.05) is 17.4 Å². The van der Waals surface area contributed by atoms with Gasteiger partial charge in [-0.3, -0.25) is 9.59 Å². The molecule has 0 unspecified atom stereocenters. The fourth-order valence-corrected chi connectivity index (χ4v) is 5.42. The van der Waals surface area contributed by atoms with Crippen LogP contribution in [0.15, 0.2) is 60.0 Å². The molecular formula is C26H25N3O2S2. The summed E-state index contributed by atoms with van der Waals surface area (Å²) < 4.78 is 0. The summed E-state index contributed by atoms with van der Waals surface area (Å²) in [5.74, 6) is -0.0799. The summed E-state index contributed by atoms with van der Waals surface area (Å²) in [6.45, 7) is 5.92. The van der Waals surface area contributed by atoms with E-state index in [4.69, 9.17) is 0 Å². The number of nitrogens with zero attached hydrogens (tertiary/aromatic N) is 2. The summed E-state index contributed by atoms with van der Waals surface area (Å²) in [6, 6.07) is 17.0. The van der Waals surface area contributed by atoms with Crippen molar-refractivity contribution < 1.29 is 9.59 Å². The topological polar surface area (TPSA) is 72.0 Å². The first-order valence-electron chi connectivity index (χ1n) is 10.7. The molecular weight excluding hydrogens is 450 g/mol. The Labute approximate surface area is 201 Å². The van der Waals surface area contributed by atoms with Crippen LogP contribution in [0.5, 0.6) is 0 Å². The maximum atomic E-state index is 12.7. The van der Waals surface area contributed by atoms with Crippen LogP contribution in [-0.2, 0) is 17.6 Å². The molecule has 0 saturated heterocycles. The minimum Gasteiger partial charge on any atom is -0.346 e. The lowest BCUT2D eigenvalue weighted by atomic mass is 10.0. The molecule has 1 amide bonds. The number of carbonyl (C=O) groups is 2. The average molecular weight is 476 g/mol. The molecule has 4 aromatic rings. The van der Waals surface area contributed by atoms with Crippen LogP contribution in [-0.4, -0.2) is 21.7 Å². The summed E-state index contributed by atoms with van der Waals surface area (Å²) in [7, 11) is 0. The molecule has 0 aliphatic heterocycles. The second-order valence-electron chi connectivity index (χ2n) is 7.97. The van der Waals surface area contributed by atoms with Crippen molar-refractivity contribution in [2.75, 3.05) is 0 Å². The largest absolute Gasteiger partial charge is 0.346 e. The molecule has 0 radical (unpaired) electrons. The first kappa shape index (κ1) is 23.0. The molecule has 4 rings (SSSR count). The van der Waals surface area contributed by atoms with E-state index in [0.29, 0.717) is 5.56 Å². The molecule has 0 aliphatic rings. The highest BCUT2D eigenvalue weighted by molar-refractivity contribution is 7.16. The van der Waals surface area contributed by atoms with Crippen molar-refractivity contribution in [3.8, 4) is 10.6 Å². The van der Waals surface area contributed by atoms with Gasteiger partial charge in [-0.1, -0.05) is 42.5 Å². The number of aromatic nitrogens is 2. The minimum absolute atomic E-state index is 0.0725. The number of Topliss-reactive ketones (excluding diaryl/α,β-unsaturated/α-hetero) is 1. The second kappa shape index (κ2) is 10.2. The van der Waals surface area contributed by atoms with E-state index in [9.17, 15) is 9.59 Å². The van der Waals surface area contributed by atoms with E-state index in [1.54, 1.807) is 23.5 Å². The molecule has 2 aromatic heterocycles. The van der Waals surface area contributed by atoms with Crippen molar-refractivity contribution in [1.29, 1.82) is 0 Å². The lowest BCUT2D eigenvalue weighted by molar-refractivity contribution is -0.117. The molecule has 2 heterocycles. The Morgan fingerprint density at radius 2 is 1.79 bits per heavy atom. The standard InChI is InChI=1S/C26H25N3O2S2/c1-16(20-9-5-4-6-10-20)28-26(31)21-11-7-8-19(12-21)13-22(30)14-24-29-23(15-32-24)25-17(2)27-18(3)33-25/h4-12,15-16H,13-14H2,1-3H3,(H,28,31)/t16-/m1/s1.